The van der Waals surface area contributed by atoms with E-state index in [4.69, 9.17) is 5.73 Å². The van der Waals surface area contributed by atoms with Crippen LogP contribution in [0.2, 0.25) is 0 Å². The van der Waals surface area contributed by atoms with E-state index in [1.54, 1.807) is 0 Å². The number of nitrogens with two attached hydrogens (primary N) is 1. The second kappa shape index (κ2) is 7.24. The van der Waals surface area contributed by atoms with E-state index in [0.717, 1.165) is 25.6 Å². The van der Waals surface area contributed by atoms with Gasteiger partial charge in [-0.15, -0.1) is 0 Å². The Morgan fingerprint density at radius 3 is 2.27 bits per heavy atom. The SMILES string of the molecule is CCC(CN)CNCC(C)(C)CC(C)C. The second-order valence-electron chi connectivity index (χ2n) is 5.90. The van der Waals surface area contributed by atoms with Gasteiger partial charge in [-0.3, -0.25) is 0 Å². The highest BCUT2D eigenvalue weighted by Gasteiger charge is 2.19. The minimum absolute atomic E-state index is 0.404. The molecule has 0 aromatic rings. The summed E-state index contributed by atoms with van der Waals surface area (Å²) in [6, 6.07) is 0. The average Bonchev–Trinajstić information content (AvgIpc) is 2.10. The summed E-state index contributed by atoms with van der Waals surface area (Å²) in [4.78, 5) is 0. The van der Waals surface area contributed by atoms with Crippen LogP contribution in [0.1, 0.15) is 47.5 Å². The minimum Gasteiger partial charge on any atom is -0.330 e. The molecule has 1 unspecified atom stereocenters. The standard InChI is InChI=1S/C13H30N2/c1-6-12(8-14)9-15-10-13(4,5)7-11(2)3/h11-12,15H,6-10,14H2,1-5H3. The van der Waals surface area contributed by atoms with Gasteiger partial charge in [-0.05, 0) is 36.8 Å². The van der Waals surface area contributed by atoms with Crippen molar-refractivity contribution >= 4 is 0 Å². The highest BCUT2D eigenvalue weighted by Crippen LogP contribution is 2.24. The Morgan fingerprint density at radius 1 is 1.27 bits per heavy atom. The first-order valence-electron chi connectivity index (χ1n) is 6.32. The number of nitrogens with one attached hydrogen (secondary N) is 1. The highest BCUT2D eigenvalue weighted by atomic mass is 14.9. The lowest BCUT2D eigenvalue weighted by molar-refractivity contribution is 0.266. The van der Waals surface area contributed by atoms with Gasteiger partial charge in [0.1, 0.15) is 0 Å². The fraction of sp³-hybridized carbons (Fsp3) is 1.00. The van der Waals surface area contributed by atoms with Crippen LogP contribution < -0.4 is 11.1 Å². The van der Waals surface area contributed by atoms with Gasteiger partial charge >= 0.3 is 0 Å². The Kier molecular flexibility index (Phi) is 7.20. The molecule has 0 amide bonds. The van der Waals surface area contributed by atoms with Crippen molar-refractivity contribution in [1.29, 1.82) is 0 Å². The monoisotopic (exact) mass is 214 g/mol. The van der Waals surface area contributed by atoms with Crippen molar-refractivity contribution in [2.75, 3.05) is 19.6 Å². The maximum Gasteiger partial charge on any atom is 0.000274 e. The molecule has 0 saturated carbocycles. The zero-order chi connectivity index (χ0) is 11.9. The first kappa shape index (κ1) is 14.9. The predicted octanol–water partition coefficient (Wildman–Crippen LogP) is 2.63. The number of rotatable bonds is 8. The van der Waals surface area contributed by atoms with Gasteiger partial charge in [0.25, 0.3) is 0 Å². The van der Waals surface area contributed by atoms with E-state index in [1.165, 1.54) is 12.8 Å². The molecule has 0 aromatic heterocycles. The van der Waals surface area contributed by atoms with E-state index in [-0.39, 0.29) is 0 Å². The van der Waals surface area contributed by atoms with Gasteiger partial charge < -0.3 is 11.1 Å². The molecule has 0 spiro atoms. The van der Waals surface area contributed by atoms with Gasteiger partial charge in [-0.2, -0.15) is 0 Å². The lowest BCUT2D eigenvalue weighted by Crippen LogP contribution is -2.35. The Labute approximate surface area is 96.0 Å². The van der Waals surface area contributed by atoms with E-state index in [1.807, 2.05) is 0 Å². The van der Waals surface area contributed by atoms with Gasteiger partial charge in [-0.1, -0.05) is 41.0 Å². The fourth-order valence-corrected chi connectivity index (χ4v) is 2.19. The third-order valence-electron chi connectivity index (χ3n) is 2.91. The number of hydrogen-bond acceptors (Lipinski definition) is 2. The van der Waals surface area contributed by atoms with Crippen LogP contribution in [0.25, 0.3) is 0 Å². The molecule has 2 nitrogen and oxygen atoms in total. The van der Waals surface area contributed by atoms with Crippen LogP contribution in [-0.4, -0.2) is 19.6 Å². The summed E-state index contributed by atoms with van der Waals surface area (Å²) in [5.41, 5.74) is 6.08. The Bertz CT molecular complexity index is 149. The summed E-state index contributed by atoms with van der Waals surface area (Å²) in [6.07, 6.45) is 2.45. The molecule has 1 atom stereocenters. The lowest BCUT2D eigenvalue weighted by Gasteiger charge is -2.28. The normalized spacial score (nSPS) is 14.6. The fourth-order valence-electron chi connectivity index (χ4n) is 2.19. The van der Waals surface area contributed by atoms with Crippen molar-refractivity contribution < 1.29 is 0 Å². The summed E-state index contributed by atoms with van der Waals surface area (Å²) in [5, 5.41) is 3.55. The molecule has 0 bridgehead atoms. The largest absolute Gasteiger partial charge is 0.330 e. The van der Waals surface area contributed by atoms with Crippen LogP contribution in [-0.2, 0) is 0 Å². The van der Waals surface area contributed by atoms with Gasteiger partial charge in [0.05, 0.1) is 0 Å². The molecule has 0 aliphatic carbocycles. The molecule has 2 heteroatoms. The quantitative estimate of drug-likeness (QED) is 0.652. The minimum atomic E-state index is 0.404. The molecule has 0 aliphatic heterocycles. The molecule has 0 radical (unpaired) electrons. The third-order valence-corrected chi connectivity index (χ3v) is 2.91. The highest BCUT2D eigenvalue weighted by molar-refractivity contribution is 4.74. The van der Waals surface area contributed by atoms with Crippen molar-refractivity contribution in [3.05, 3.63) is 0 Å². The summed E-state index contributed by atoms with van der Waals surface area (Å²) in [6.45, 7) is 14.4. The van der Waals surface area contributed by atoms with E-state index in [9.17, 15) is 0 Å². The predicted molar refractivity (Wildman–Crippen MR) is 68.9 cm³/mol. The molecular formula is C13H30N2. The Balaban J connectivity index is 3.73. The van der Waals surface area contributed by atoms with Crippen LogP contribution in [0.5, 0.6) is 0 Å². The van der Waals surface area contributed by atoms with Crippen LogP contribution in [0.3, 0.4) is 0 Å². The lowest BCUT2D eigenvalue weighted by atomic mass is 9.84. The Morgan fingerprint density at radius 2 is 1.87 bits per heavy atom. The van der Waals surface area contributed by atoms with E-state index < -0.39 is 0 Å². The molecule has 0 saturated heterocycles. The molecule has 0 fully saturated rings. The van der Waals surface area contributed by atoms with E-state index >= 15 is 0 Å². The van der Waals surface area contributed by atoms with Crippen molar-refractivity contribution in [2.45, 2.75) is 47.5 Å². The first-order chi connectivity index (χ1) is 6.91. The maximum atomic E-state index is 5.67. The van der Waals surface area contributed by atoms with Gasteiger partial charge in [0.15, 0.2) is 0 Å². The summed E-state index contributed by atoms with van der Waals surface area (Å²) < 4.78 is 0. The van der Waals surface area contributed by atoms with Crippen molar-refractivity contribution in [1.82, 2.24) is 5.32 Å². The topological polar surface area (TPSA) is 38.0 Å². The second-order valence-corrected chi connectivity index (χ2v) is 5.90. The van der Waals surface area contributed by atoms with Crippen molar-refractivity contribution in [2.24, 2.45) is 23.0 Å². The van der Waals surface area contributed by atoms with E-state index in [2.05, 4.69) is 39.9 Å². The smallest absolute Gasteiger partial charge is 0.000274 e. The van der Waals surface area contributed by atoms with Gasteiger partial charge in [0, 0.05) is 6.54 Å². The summed E-state index contributed by atoms with van der Waals surface area (Å²) in [7, 11) is 0. The molecule has 0 aliphatic rings. The van der Waals surface area contributed by atoms with E-state index in [0.29, 0.717) is 11.3 Å². The summed E-state index contributed by atoms with van der Waals surface area (Å²) >= 11 is 0. The van der Waals surface area contributed by atoms with Gasteiger partial charge in [0.2, 0.25) is 0 Å². The molecule has 0 aromatic carbocycles. The number of hydrogen-bond donors (Lipinski definition) is 2. The zero-order valence-electron chi connectivity index (χ0n) is 11.3. The van der Waals surface area contributed by atoms with Crippen LogP contribution in [0.15, 0.2) is 0 Å². The van der Waals surface area contributed by atoms with Crippen molar-refractivity contribution in [3.8, 4) is 0 Å². The van der Waals surface area contributed by atoms with Crippen molar-refractivity contribution in [3.63, 3.8) is 0 Å². The third kappa shape index (κ3) is 7.80. The molecule has 0 rings (SSSR count). The summed E-state index contributed by atoms with van der Waals surface area (Å²) in [5.74, 6) is 1.41. The zero-order valence-corrected chi connectivity index (χ0v) is 11.3. The van der Waals surface area contributed by atoms with Crippen LogP contribution in [0.4, 0.5) is 0 Å². The molecule has 15 heavy (non-hydrogen) atoms. The molecule has 3 N–H and O–H groups in total. The average molecular weight is 214 g/mol. The van der Waals surface area contributed by atoms with Gasteiger partial charge in [-0.25, -0.2) is 0 Å². The van der Waals surface area contributed by atoms with Crippen LogP contribution >= 0.6 is 0 Å². The first-order valence-corrected chi connectivity index (χ1v) is 6.32. The molecule has 0 heterocycles. The van der Waals surface area contributed by atoms with Crippen LogP contribution in [0, 0.1) is 17.3 Å². The Hall–Kier alpha value is -0.0800. The molecular weight excluding hydrogens is 184 g/mol. The molecule has 92 valence electrons. The maximum absolute atomic E-state index is 5.67.